The molecular weight excluding hydrogens is 539 g/mol. The molecule has 8 nitrogen and oxygen atoms in total. The Hall–Kier alpha value is -5.31. The van der Waals surface area contributed by atoms with Crippen LogP contribution in [0.25, 0.3) is 5.69 Å². The molecule has 0 N–H and O–H groups in total. The van der Waals surface area contributed by atoms with E-state index in [1.807, 2.05) is 72.4 Å². The number of halogens is 1. The summed E-state index contributed by atoms with van der Waals surface area (Å²) in [6.07, 6.45) is 1.84. The van der Waals surface area contributed by atoms with Crippen molar-refractivity contribution in [2.24, 2.45) is 9.98 Å². The summed E-state index contributed by atoms with van der Waals surface area (Å²) in [5.41, 5.74) is 6.72. The molecule has 1 atom stereocenters. The van der Waals surface area contributed by atoms with Crippen LogP contribution >= 0.6 is 0 Å². The fourth-order valence-electron chi connectivity index (χ4n) is 6.31. The fourth-order valence-corrected chi connectivity index (χ4v) is 6.31. The van der Waals surface area contributed by atoms with Gasteiger partial charge in [0, 0.05) is 43.6 Å². The lowest BCUT2D eigenvalue weighted by Gasteiger charge is -2.44. The van der Waals surface area contributed by atoms with Crippen LogP contribution in [0.2, 0.25) is 0 Å². The van der Waals surface area contributed by atoms with Crippen LogP contribution in [0, 0.1) is 12.7 Å². The van der Waals surface area contributed by atoms with Crippen molar-refractivity contribution in [2.45, 2.75) is 13.0 Å². The molecule has 3 aliphatic heterocycles. The molecule has 0 spiro atoms. The van der Waals surface area contributed by atoms with Crippen LogP contribution in [0.1, 0.15) is 23.0 Å². The van der Waals surface area contributed by atoms with E-state index in [2.05, 4.69) is 45.0 Å². The number of amidine groups is 2. The van der Waals surface area contributed by atoms with Gasteiger partial charge in [0.15, 0.2) is 17.5 Å². The van der Waals surface area contributed by atoms with E-state index < -0.39 is 0 Å². The topological polar surface area (TPSA) is 65.2 Å². The predicted octanol–water partition coefficient (Wildman–Crippen LogP) is 6.22. The number of anilines is 2. The SMILES string of the molecule is Cc1nn(-c2ccccc2)c2c1C(c1ccccn1)N1C(=N2)C(N2CCN(c3ccc(F)cc3)CC2)=Nc2ccccc21. The number of aryl methyl sites for hydroxylation is 1. The molecule has 2 aromatic heterocycles. The Bertz CT molecular complexity index is 1860. The van der Waals surface area contributed by atoms with Gasteiger partial charge in [0.25, 0.3) is 0 Å². The summed E-state index contributed by atoms with van der Waals surface area (Å²) in [5, 5.41) is 5.01. The molecule has 0 aliphatic carbocycles. The van der Waals surface area contributed by atoms with Gasteiger partial charge < -0.3 is 14.7 Å². The number of para-hydroxylation sites is 3. The summed E-state index contributed by atoms with van der Waals surface area (Å²) in [6.45, 7) is 5.13. The lowest BCUT2D eigenvalue weighted by Crippen LogP contribution is -2.55. The Kier molecular flexibility index (Phi) is 6.03. The van der Waals surface area contributed by atoms with Crippen molar-refractivity contribution < 1.29 is 4.39 Å². The number of pyridine rings is 1. The highest BCUT2D eigenvalue weighted by molar-refractivity contribution is 6.48. The standard InChI is InChI=1S/C34H29FN8/c1-23-30-31(28-12-7-8-18-36-28)42-29-13-6-5-11-27(29)37-33(34(42)38-32(30)43(39-23)26-9-3-2-4-10-26)41-21-19-40(20-22-41)25-16-14-24(35)15-17-25/h2-18,31H,19-22H2,1H3. The first-order chi connectivity index (χ1) is 21.2. The van der Waals surface area contributed by atoms with Crippen LogP contribution in [-0.4, -0.2) is 57.5 Å². The largest absolute Gasteiger partial charge is 0.368 e. The Balaban J connectivity index is 1.27. The first-order valence-corrected chi connectivity index (χ1v) is 14.5. The highest BCUT2D eigenvalue weighted by Crippen LogP contribution is 2.48. The Morgan fingerprint density at radius 3 is 2.19 bits per heavy atom. The molecule has 0 saturated carbocycles. The zero-order chi connectivity index (χ0) is 28.9. The number of benzene rings is 3. The third-order valence-electron chi connectivity index (χ3n) is 8.36. The molecule has 1 unspecified atom stereocenters. The zero-order valence-corrected chi connectivity index (χ0v) is 23.7. The van der Waals surface area contributed by atoms with Crippen molar-refractivity contribution in [1.29, 1.82) is 0 Å². The third-order valence-corrected chi connectivity index (χ3v) is 8.36. The summed E-state index contributed by atoms with van der Waals surface area (Å²) >= 11 is 0. The van der Waals surface area contributed by atoms with Crippen molar-refractivity contribution in [3.8, 4) is 5.69 Å². The van der Waals surface area contributed by atoms with E-state index in [-0.39, 0.29) is 11.9 Å². The molecule has 8 rings (SSSR count). The van der Waals surface area contributed by atoms with Crippen LogP contribution in [0.15, 0.2) is 113 Å². The van der Waals surface area contributed by atoms with E-state index in [1.54, 1.807) is 0 Å². The highest BCUT2D eigenvalue weighted by Gasteiger charge is 2.43. The molecule has 0 amide bonds. The second kappa shape index (κ2) is 10.2. The van der Waals surface area contributed by atoms with E-state index in [0.29, 0.717) is 0 Å². The third kappa shape index (κ3) is 4.27. The second-order valence-corrected chi connectivity index (χ2v) is 10.9. The number of fused-ring (bicyclic) bond motifs is 4. The minimum Gasteiger partial charge on any atom is -0.368 e. The fraction of sp³-hybridized carbons (Fsp3) is 0.176. The first kappa shape index (κ1) is 25.4. The van der Waals surface area contributed by atoms with Gasteiger partial charge in [0.1, 0.15) is 11.9 Å². The minimum absolute atomic E-state index is 0.222. The average Bonchev–Trinajstić information content (AvgIpc) is 3.40. The van der Waals surface area contributed by atoms with Gasteiger partial charge >= 0.3 is 0 Å². The lowest BCUT2D eigenvalue weighted by molar-refractivity contribution is 0.389. The summed E-state index contributed by atoms with van der Waals surface area (Å²) in [6, 6.07) is 30.9. The number of piperazine rings is 1. The smallest absolute Gasteiger partial charge is 0.179 e. The summed E-state index contributed by atoms with van der Waals surface area (Å²) in [5.74, 6) is 2.19. The molecule has 3 aromatic carbocycles. The number of rotatable bonds is 3. The van der Waals surface area contributed by atoms with Gasteiger partial charge in [0.05, 0.1) is 28.5 Å². The molecule has 0 bridgehead atoms. The zero-order valence-electron chi connectivity index (χ0n) is 23.7. The van der Waals surface area contributed by atoms with Crippen molar-refractivity contribution in [3.63, 3.8) is 0 Å². The van der Waals surface area contributed by atoms with E-state index in [9.17, 15) is 4.39 Å². The maximum absolute atomic E-state index is 13.6. The number of nitrogens with zero attached hydrogens (tertiary/aromatic N) is 8. The highest BCUT2D eigenvalue weighted by atomic mass is 19.1. The molecule has 9 heteroatoms. The summed E-state index contributed by atoms with van der Waals surface area (Å²) in [4.78, 5) is 22.3. The van der Waals surface area contributed by atoms with Gasteiger partial charge in [-0.05, 0) is 67.6 Å². The Morgan fingerprint density at radius 2 is 1.42 bits per heavy atom. The Morgan fingerprint density at radius 1 is 0.698 bits per heavy atom. The predicted molar refractivity (Wildman–Crippen MR) is 168 cm³/mol. The van der Waals surface area contributed by atoms with Gasteiger partial charge in [-0.1, -0.05) is 36.4 Å². The van der Waals surface area contributed by atoms with E-state index in [4.69, 9.17) is 20.1 Å². The van der Waals surface area contributed by atoms with Crippen molar-refractivity contribution in [1.82, 2.24) is 19.7 Å². The quantitative estimate of drug-likeness (QED) is 0.259. The van der Waals surface area contributed by atoms with E-state index in [1.165, 1.54) is 12.1 Å². The Labute approximate surface area is 249 Å². The van der Waals surface area contributed by atoms with Crippen LogP contribution < -0.4 is 9.80 Å². The molecule has 1 fully saturated rings. The molecule has 0 radical (unpaired) electrons. The van der Waals surface area contributed by atoms with Crippen molar-refractivity contribution >= 4 is 34.6 Å². The van der Waals surface area contributed by atoms with Gasteiger partial charge in [-0.25, -0.2) is 19.1 Å². The minimum atomic E-state index is -0.242. The van der Waals surface area contributed by atoms with Crippen LogP contribution in [-0.2, 0) is 0 Å². The molecular formula is C34H29FN8. The second-order valence-electron chi connectivity index (χ2n) is 10.9. The van der Waals surface area contributed by atoms with Crippen molar-refractivity contribution in [3.05, 3.63) is 126 Å². The molecule has 212 valence electrons. The van der Waals surface area contributed by atoms with Gasteiger partial charge in [-0.2, -0.15) is 5.10 Å². The van der Waals surface area contributed by atoms with E-state index in [0.717, 1.165) is 83.4 Å². The monoisotopic (exact) mass is 568 g/mol. The molecule has 5 heterocycles. The van der Waals surface area contributed by atoms with Crippen LogP contribution in [0.4, 0.5) is 27.3 Å². The van der Waals surface area contributed by atoms with Gasteiger partial charge in [-0.3, -0.25) is 4.98 Å². The molecule has 3 aliphatic rings. The lowest BCUT2D eigenvalue weighted by atomic mass is 9.96. The summed E-state index contributed by atoms with van der Waals surface area (Å²) < 4.78 is 15.5. The number of hydrogen-bond donors (Lipinski definition) is 0. The first-order valence-electron chi connectivity index (χ1n) is 14.5. The number of hydrogen-bond acceptors (Lipinski definition) is 7. The average molecular weight is 569 g/mol. The van der Waals surface area contributed by atoms with Gasteiger partial charge in [-0.15, -0.1) is 0 Å². The number of aliphatic imine (C=N–C) groups is 2. The van der Waals surface area contributed by atoms with Crippen LogP contribution in [0.5, 0.6) is 0 Å². The van der Waals surface area contributed by atoms with Crippen molar-refractivity contribution in [2.75, 3.05) is 36.0 Å². The maximum atomic E-state index is 13.6. The van der Waals surface area contributed by atoms with Crippen LogP contribution in [0.3, 0.4) is 0 Å². The maximum Gasteiger partial charge on any atom is 0.179 e. The van der Waals surface area contributed by atoms with Gasteiger partial charge in [0.2, 0.25) is 0 Å². The normalized spacial score (nSPS) is 17.5. The molecule has 43 heavy (non-hydrogen) atoms. The number of aromatic nitrogens is 3. The molecule has 1 saturated heterocycles. The van der Waals surface area contributed by atoms with E-state index >= 15 is 0 Å². The molecule has 5 aromatic rings. The summed E-state index contributed by atoms with van der Waals surface area (Å²) in [7, 11) is 0.